The lowest BCUT2D eigenvalue weighted by Crippen LogP contribution is -2.04. The second-order valence-electron chi connectivity index (χ2n) is 4.84. The summed E-state index contributed by atoms with van der Waals surface area (Å²) < 4.78 is 28.8. The maximum Gasteiger partial charge on any atom is 0.135 e. The Kier molecular flexibility index (Phi) is 2.77. The minimum absolute atomic E-state index is 0.257. The third-order valence-electron chi connectivity index (χ3n) is 3.44. The first-order valence-corrected chi connectivity index (χ1v) is 6.43. The number of anilines is 1. The summed E-state index contributed by atoms with van der Waals surface area (Å²) in [5, 5.41) is 0. The summed E-state index contributed by atoms with van der Waals surface area (Å²) >= 11 is 0. The van der Waals surface area contributed by atoms with Gasteiger partial charge >= 0.3 is 0 Å². The molecule has 100 valence electrons. The van der Waals surface area contributed by atoms with Crippen molar-refractivity contribution < 1.29 is 8.78 Å². The fourth-order valence-electron chi connectivity index (χ4n) is 2.36. The SMILES string of the molecule is CCc1nc(-c2ccc(F)cc2F)c(N)n1C1CC1. The van der Waals surface area contributed by atoms with Crippen LogP contribution in [0, 0.1) is 11.6 Å². The van der Waals surface area contributed by atoms with Crippen LogP contribution in [0.1, 0.15) is 31.6 Å². The molecule has 1 aromatic carbocycles. The third-order valence-corrected chi connectivity index (χ3v) is 3.44. The van der Waals surface area contributed by atoms with Crippen LogP contribution in [-0.4, -0.2) is 9.55 Å². The molecule has 1 aliphatic rings. The maximum atomic E-state index is 13.8. The molecule has 1 fully saturated rings. The van der Waals surface area contributed by atoms with E-state index in [0.29, 0.717) is 17.6 Å². The summed E-state index contributed by atoms with van der Waals surface area (Å²) in [7, 11) is 0. The number of rotatable bonds is 3. The van der Waals surface area contributed by atoms with E-state index in [1.165, 1.54) is 12.1 Å². The number of hydrogen-bond donors (Lipinski definition) is 1. The quantitative estimate of drug-likeness (QED) is 0.923. The molecule has 0 amide bonds. The minimum atomic E-state index is -0.630. The van der Waals surface area contributed by atoms with Gasteiger partial charge in [0.25, 0.3) is 0 Å². The van der Waals surface area contributed by atoms with Gasteiger partial charge in [-0.05, 0) is 25.0 Å². The maximum absolute atomic E-state index is 13.8. The Bertz CT molecular complexity index is 630. The Hall–Kier alpha value is -1.91. The molecule has 0 saturated heterocycles. The Morgan fingerprint density at radius 3 is 2.68 bits per heavy atom. The van der Waals surface area contributed by atoms with Crippen LogP contribution in [0.5, 0.6) is 0 Å². The Labute approximate surface area is 110 Å². The molecule has 0 bridgehead atoms. The van der Waals surface area contributed by atoms with E-state index in [1.807, 2.05) is 11.5 Å². The number of imidazole rings is 1. The molecule has 19 heavy (non-hydrogen) atoms. The van der Waals surface area contributed by atoms with Crippen molar-refractivity contribution in [3.05, 3.63) is 35.7 Å². The standard InChI is InChI=1S/C14H15F2N3/c1-2-12-18-13(14(17)19(12)9-4-5-9)10-6-3-8(15)7-11(10)16/h3,6-7,9H,2,4-5,17H2,1H3. The molecule has 0 atom stereocenters. The van der Waals surface area contributed by atoms with Gasteiger partial charge in [-0.15, -0.1) is 0 Å². The molecule has 0 aliphatic heterocycles. The lowest BCUT2D eigenvalue weighted by molar-refractivity contribution is 0.585. The monoisotopic (exact) mass is 263 g/mol. The normalized spacial score (nSPS) is 14.9. The van der Waals surface area contributed by atoms with Crippen molar-refractivity contribution in [3.8, 4) is 11.3 Å². The van der Waals surface area contributed by atoms with E-state index >= 15 is 0 Å². The molecule has 5 heteroatoms. The molecule has 2 aromatic rings. The summed E-state index contributed by atoms with van der Waals surface area (Å²) in [5.74, 6) is 0.107. The van der Waals surface area contributed by atoms with E-state index in [1.54, 1.807) is 0 Å². The van der Waals surface area contributed by atoms with Crippen LogP contribution in [0.25, 0.3) is 11.3 Å². The first-order chi connectivity index (χ1) is 9.11. The van der Waals surface area contributed by atoms with E-state index in [9.17, 15) is 8.78 Å². The second-order valence-corrected chi connectivity index (χ2v) is 4.84. The smallest absolute Gasteiger partial charge is 0.135 e. The van der Waals surface area contributed by atoms with Gasteiger partial charge in [0.15, 0.2) is 0 Å². The lowest BCUT2D eigenvalue weighted by Gasteiger charge is -2.06. The van der Waals surface area contributed by atoms with Crippen molar-refractivity contribution in [1.29, 1.82) is 0 Å². The minimum Gasteiger partial charge on any atom is -0.383 e. The molecule has 0 spiro atoms. The highest BCUT2D eigenvalue weighted by Gasteiger charge is 2.30. The van der Waals surface area contributed by atoms with Gasteiger partial charge < -0.3 is 10.3 Å². The predicted octanol–water partition coefficient (Wildman–Crippen LogP) is 3.31. The Morgan fingerprint density at radius 2 is 2.11 bits per heavy atom. The Balaban J connectivity index is 2.14. The van der Waals surface area contributed by atoms with Gasteiger partial charge in [0.05, 0.1) is 0 Å². The number of hydrogen-bond acceptors (Lipinski definition) is 2. The van der Waals surface area contributed by atoms with Crippen LogP contribution in [-0.2, 0) is 6.42 Å². The van der Waals surface area contributed by atoms with Crippen molar-refractivity contribution in [2.24, 2.45) is 0 Å². The van der Waals surface area contributed by atoms with Crippen LogP contribution < -0.4 is 5.73 Å². The van der Waals surface area contributed by atoms with Gasteiger partial charge in [-0.3, -0.25) is 0 Å². The van der Waals surface area contributed by atoms with Gasteiger partial charge in [-0.1, -0.05) is 6.92 Å². The highest BCUT2D eigenvalue weighted by Crippen LogP contribution is 2.41. The van der Waals surface area contributed by atoms with Crippen molar-refractivity contribution in [2.75, 3.05) is 5.73 Å². The molecule has 0 unspecified atom stereocenters. The molecule has 1 aliphatic carbocycles. The van der Waals surface area contributed by atoms with Crippen LogP contribution in [0.2, 0.25) is 0 Å². The topological polar surface area (TPSA) is 43.8 Å². The van der Waals surface area contributed by atoms with Crippen LogP contribution >= 0.6 is 0 Å². The van der Waals surface area contributed by atoms with E-state index in [2.05, 4.69) is 4.98 Å². The number of nitrogens with zero attached hydrogens (tertiary/aromatic N) is 2. The van der Waals surface area contributed by atoms with Gasteiger partial charge in [0, 0.05) is 24.1 Å². The molecular formula is C14H15F2N3. The van der Waals surface area contributed by atoms with Crippen LogP contribution in [0.4, 0.5) is 14.6 Å². The molecule has 1 heterocycles. The largest absolute Gasteiger partial charge is 0.383 e. The van der Waals surface area contributed by atoms with E-state index in [-0.39, 0.29) is 5.56 Å². The summed E-state index contributed by atoms with van der Waals surface area (Å²) in [6.45, 7) is 1.99. The van der Waals surface area contributed by atoms with E-state index in [4.69, 9.17) is 5.73 Å². The van der Waals surface area contributed by atoms with Crippen LogP contribution in [0.3, 0.4) is 0 Å². The molecule has 1 saturated carbocycles. The summed E-state index contributed by atoms with van der Waals surface area (Å²) in [5.41, 5.74) is 6.77. The fraction of sp³-hybridized carbons (Fsp3) is 0.357. The molecule has 3 nitrogen and oxygen atoms in total. The molecule has 1 aromatic heterocycles. The summed E-state index contributed by atoms with van der Waals surface area (Å²) in [6, 6.07) is 3.86. The fourth-order valence-corrected chi connectivity index (χ4v) is 2.36. The van der Waals surface area contributed by atoms with Crippen molar-refractivity contribution >= 4 is 5.82 Å². The van der Waals surface area contributed by atoms with E-state index in [0.717, 1.165) is 31.2 Å². The van der Waals surface area contributed by atoms with Crippen molar-refractivity contribution in [1.82, 2.24) is 9.55 Å². The second kappa shape index (κ2) is 4.33. The van der Waals surface area contributed by atoms with E-state index < -0.39 is 11.6 Å². The Morgan fingerprint density at radius 1 is 1.37 bits per heavy atom. The molecule has 3 rings (SSSR count). The summed E-state index contributed by atoms with van der Waals surface area (Å²) in [4.78, 5) is 4.43. The number of benzene rings is 1. The average molecular weight is 263 g/mol. The zero-order chi connectivity index (χ0) is 13.6. The average Bonchev–Trinajstić information content (AvgIpc) is 3.14. The van der Waals surface area contributed by atoms with Gasteiger partial charge in [-0.25, -0.2) is 13.8 Å². The molecule has 2 N–H and O–H groups in total. The number of nitrogen functional groups attached to an aromatic ring is 1. The highest BCUT2D eigenvalue weighted by atomic mass is 19.1. The predicted molar refractivity (Wildman–Crippen MR) is 69.6 cm³/mol. The molecule has 0 radical (unpaired) electrons. The number of aryl methyl sites for hydroxylation is 1. The van der Waals surface area contributed by atoms with Gasteiger partial charge in [-0.2, -0.15) is 0 Å². The first-order valence-electron chi connectivity index (χ1n) is 6.43. The first kappa shape index (κ1) is 12.1. The number of nitrogens with two attached hydrogens (primary N) is 1. The van der Waals surface area contributed by atoms with Gasteiger partial charge in [0.2, 0.25) is 0 Å². The zero-order valence-corrected chi connectivity index (χ0v) is 10.7. The number of aromatic nitrogens is 2. The molecular weight excluding hydrogens is 248 g/mol. The summed E-state index contributed by atoms with van der Waals surface area (Å²) in [6.07, 6.45) is 2.90. The van der Waals surface area contributed by atoms with Crippen molar-refractivity contribution in [2.45, 2.75) is 32.2 Å². The zero-order valence-electron chi connectivity index (χ0n) is 10.7. The van der Waals surface area contributed by atoms with Crippen LogP contribution in [0.15, 0.2) is 18.2 Å². The number of halogens is 2. The van der Waals surface area contributed by atoms with Crippen molar-refractivity contribution in [3.63, 3.8) is 0 Å². The third kappa shape index (κ3) is 1.99. The van der Waals surface area contributed by atoms with Gasteiger partial charge in [0.1, 0.15) is 29.0 Å². The highest BCUT2D eigenvalue weighted by molar-refractivity contribution is 5.71. The lowest BCUT2D eigenvalue weighted by atomic mass is 10.1.